The van der Waals surface area contributed by atoms with Gasteiger partial charge in [-0.2, -0.15) is 0 Å². The first-order valence-electron chi connectivity index (χ1n) is 5.59. The van der Waals surface area contributed by atoms with Crippen LogP contribution in [0, 0.1) is 0 Å². The second-order valence-electron chi connectivity index (χ2n) is 3.56. The summed E-state index contributed by atoms with van der Waals surface area (Å²) in [7, 11) is 4.69. The molecular formula is C11H19N3O4. The van der Waals surface area contributed by atoms with Gasteiger partial charge in [-0.15, -0.1) is 0 Å². The standard InChI is InChI=1S/C11H19N3O4/c1-16-6-4-14(5-7-17-2)10-9(18-3)11(15)13-8-12-10/h8H,4-7H2,1-3H3,(H,12,13,15). The molecule has 0 radical (unpaired) electrons. The van der Waals surface area contributed by atoms with Gasteiger partial charge in [-0.05, 0) is 0 Å². The zero-order chi connectivity index (χ0) is 13.4. The second kappa shape index (κ2) is 7.67. The fourth-order valence-corrected chi connectivity index (χ4v) is 1.51. The highest BCUT2D eigenvalue weighted by Crippen LogP contribution is 2.19. The number of hydrogen-bond acceptors (Lipinski definition) is 6. The first-order valence-corrected chi connectivity index (χ1v) is 5.59. The number of hydrogen-bond donors (Lipinski definition) is 1. The number of nitrogens with one attached hydrogen (secondary N) is 1. The van der Waals surface area contributed by atoms with Gasteiger partial charge < -0.3 is 24.1 Å². The number of nitrogens with zero attached hydrogens (tertiary/aromatic N) is 2. The lowest BCUT2D eigenvalue weighted by Gasteiger charge is -2.23. The van der Waals surface area contributed by atoms with Gasteiger partial charge in [-0.3, -0.25) is 4.79 Å². The molecule has 0 unspecified atom stereocenters. The van der Waals surface area contributed by atoms with Gasteiger partial charge in [-0.25, -0.2) is 4.98 Å². The SMILES string of the molecule is COCCN(CCOC)c1nc[nH]c(=O)c1OC. The highest BCUT2D eigenvalue weighted by molar-refractivity contribution is 5.50. The van der Waals surface area contributed by atoms with Gasteiger partial charge in [0, 0.05) is 27.3 Å². The summed E-state index contributed by atoms with van der Waals surface area (Å²) in [6, 6.07) is 0. The van der Waals surface area contributed by atoms with E-state index in [1.165, 1.54) is 13.4 Å². The summed E-state index contributed by atoms with van der Waals surface area (Å²) < 4.78 is 15.2. The maximum atomic E-state index is 11.6. The smallest absolute Gasteiger partial charge is 0.295 e. The van der Waals surface area contributed by atoms with Gasteiger partial charge in [0.25, 0.3) is 5.56 Å². The number of aromatic nitrogens is 2. The van der Waals surface area contributed by atoms with E-state index in [2.05, 4.69) is 9.97 Å². The number of H-pyrrole nitrogens is 1. The molecule has 0 atom stereocenters. The van der Waals surface area contributed by atoms with Crippen LogP contribution in [0.5, 0.6) is 5.75 Å². The maximum absolute atomic E-state index is 11.6. The first kappa shape index (κ1) is 14.5. The molecule has 1 N–H and O–H groups in total. The summed E-state index contributed by atoms with van der Waals surface area (Å²) in [5.41, 5.74) is -0.303. The van der Waals surface area contributed by atoms with Crippen molar-refractivity contribution in [1.29, 1.82) is 0 Å². The van der Waals surface area contributed by atoms with Crippen molar-refractivity contribution in [3.8, 4) is 5.75 Å². The van der Waals surface area contributed by atoms with E-state index in [0.717, 1.165) is 0 Å². The molecule has 7 heteroatoms. The average Bonchev–Trinajstić information content (AvgIpc) is 2.39. The molecule has 1 aromatic heterocycles. The summed E-state index contributed by atoms with van der Waals surface area (Å²) >= 11 is 0. The van der Waals surface area contributed by atoms with Crippen molar-refractivity contribution in [3.05, 3.63) is 16.7 Å². The predicted molar refractivity (Wildman–Crippen MR) is 67.4 cm³/mol. The second-order valence-corrected chi connectivity index (χ2v) is 3.56. The Balaban J connectivity index is 2.95. The van der Waals surface area contributed by atoms with Gasteiger partial charge in [0.05, 0.1) is 26.7 Å². The molecule has 0 aliphatic rings. The molecule has 0 saturated carbocycles. The van der Waals surface area contributed by atoms with Crippen LogP contribution in [0.3, 0.4) is 0 Å². The normalized spacial score (nSPS) is 10.4. The number of ether oxygens (including phenoxy) is 3. The van der Waals surface area contributed by atoms with Gasteiger partial charge in [0.2, 0.25) is 5.75 Å². The van der Waals surface area contributed by atoms with E-state index in [1.54, 1.807) is 14.2 Å². The molecule has 0 saturated heterocycles. The zero-order valence-corrected chi connectivity index (χ0v) is 10.9. The lowest BCUT2D eigenvalue weighted by Crippen LogP contribution is -2.33. The summed E-state index contributed by atoms with van der Waals surface area (Å²) in [6.45, 7) is 2.27. The predicted octanol–water partition coefficient (Wildman–Crippen LogP) is -0.122. The summed E-state index contributed by atoms with van der Waals surface area (Å²) in [6.07, 6.45) is 1.35. The van der Waals surface area contributed by atoms with E-state index in [0.29, 0.717) is 32.1 Å². The topological polar surface area (TPSA) is 76.7 Å². The molecule has 0 aliphatic carbocycles. The Morgan fingerprint density at radius 1 is 1.22 bits per heavy atom. The Bertz CT molecular complexity index is 400. The van der Waals surface area contributed by atoms with Crippen molar-refractivity contribution in [3.63, 3.8) is 0 Å². The molecule has 102 valence electrons. The van der Waals surface area contributed by atoms with E-state index in [9.17, 15) is 4.79 Å². The molecule has 0 aliphatic heterocycles. The van der Waals surface area contributed by atoms with E-state index in [1.807, 2.05) is 4.90 Å². The number of methoxy groups -OCH3 is 3. The minimum absolute atomic E-state index is 0.199. The van der Waals surface area contributed by atoms with Gasteiger partial charge in [-0.1, -0.05) is 0 Å². The Labute approximate surface area is 106 Å². The van der Waals surface area contributed by atoms with Gasteiger partial charge in [0.15, 0.2) is 5.82 Å². The Hall–Kier alpha value is -1.60. The maximum Gasteiger partial charge on any atom is 0.295 e. The van der Waals surface area contributed by atoms with Crippen molar-refractivity contribution in [2.24, 2.45) is 0 Å². The van der Waals surface area contributed by atoms with Gasteiger partial charge in [0.1, 0.15) is 0 Å². The lowest BCUT2D eigenvalue weighted by molar-refractivity contribution is 0.189. The van der Waals surface area contributed by atoms with Crippen molar-refractivity contribution in [2.45, 2.75) is 0 Å². The lowest BCUT2D eigenvalue weighted by atomic mass is 10.4. The molecule has 0 aromatic carbocycles. The van der Waals surface area contributed by atoms with E-state index in [4.69, 9.17) is 14.2 Å². The third kappa shape index (κ3) is 3.71. The van der Waals surface area contributed by atoms with Crippen LogP contribution in [-0.2, 0) is 9.47 Å². The molecule has 0 spiro atoms. The minimum atomic E-state index is -0.303. The Morgan fingerprint density at radius 2 is 1.83 bits per heavy atom. The average molecular weight is 257 g/mol. The molecular weight excluding hydrogens is 238 g/mol. The Morgan fingerprint density at radius 3 is 2.33 bits per heavy atom. The van der Waals surface area contributed by atoms with Gasteiger partial charge >= 0.3 is 0 Å². The summed E-state index contributed by atoms with van der Waals surface area (Å²) in [4.78, 5) is 20.1. The van der Waals surface area contributed by atoms with E-state index in [-0.39, 0.29) is 11.3 Å². The van der Waals surface area contributed by atoms with Crippen LogP contribution in [0.1, 0.15) is 0 Å². The zero-order valence-electron chi connectivity index (χ0n) is 10.9. The van der Waals surface area contributed by atoms with Crippen LogP contribution >= 0.6 is 0 Å². The highest BCUT2D eigenvalue weighted by Gasteiger charge is 2.16. The quantitative estimate of drug-likeness (QED) is 0.699. The van der Waals surface area contributed by atoms with Crippen molar-refractivity contribution in [2.75, 3.05) is 52.5 Å². The monoisotopic (exact) mass is 257 g/mol. The molecule has 0 amide bonds. The molecule has 7 nitrogen and oxygen atoms in total. The molecule has 1 heterocycles. The highest BCUT2D eigenvalue weighted by atomic mass is 16.5. The largest absolute Gasteiger partial charge is 0.489 e. The van der Waals surface area contributed by atoms with Crippen molar-refractivity contribution in [1.82, 2.24) is 9.97 Å². The van der Waals surface area contributed by atoms with E-state index < -0.39 is 0 Å². The summed E-state index contributed by atoms with van der Waals surface area (Å²) in [5.74, 6) is 0.694. The minimum Gasteiger partial charge on any atom is -0.489 e. The Kier molecular flexibility index (Phi) is 6.16. The number of rotatable bonds is 8. The van der Waals surface area contributed by atoms with Crippen LogP contribution in [0.4, 0.5) is 5.82 Å². The van der Waals surface area contributed by atoms with Crippen LogP contribution in [0.2, 0.25) is 0 Å². The molecule has 1 aromatic rings. The van der Waals surface area contributed by atoms with E-state index >= 15 is 0 Å². The van der Waals surface area contributed by atoms with Crippen molar-refractivity contribution >= 4 is 5.82 Å². The third-order valence-electron chi connectivity index (χ3n) is 2.43. The number of anilines is 1. The molecule has 0 fully saturated rings. The van der Waals surface area contributed by atoms with Crippen LogP contribution < -0.4 is 15.2 Å². The fraction of sp³-hybridized carbons (Fsp3) is 0.636. The van der Waals surface area contributed by atoms with Crippen LogP contribution in [0.15, 0.2) is 11.1 Å². The van der Waals surface area contributed by atoms with Crippen LogP contribution in [-0.4, -0.2) is 57.6 Å². The first-order chi connectivity index (χ1) is 8.74. The fourth-order valence-electron chi connectivity index (χ4n) is 1.51. The molecule has 1 rings (SSSR count). The third-order valence-corrected chi connectivity index (χ3v) is 2.43. The van der Waals surface area contributed by atoms with Crippen molar-refractivity contribution < 1.29 is 14.2 Å². The van der Waals surface area contributed by atoms with Crippen LogP contribution in [0.25, 0.3) is 0 Å². The summed E-state index contributed by atoms with van der Waals surface area (Å²) in [5, 5.41) is 0. The molecule has 0 bridgehead atoms. The molecule has 18 heavy (non-hydrogen) atoms. The number of aromatic amines is 1.